The molecule has 0 amide bonds. The summed E-state index contributed by atoms with van der Waals surface area (Å²) in [6.45, 7) is 0. The van der Waals surface area contributed by atoms with E-state index in [1.165, 1.54) is 12.1 Å². The Bertz CT molecular complexity index is 746. The Labute approximate surface area is 136 Å². The molecule has 0 N–H and O–H groups in total. The van der Waals surface area contributed by atoms with E-state index in [0.29, 0.717) is 28.3 Å². The summed E-state index contributed by atoms with van der Waals surface area (Å²) in [5, 5.41) is 4.46. The Morgan fingerprint density at radius 1 is 1.23 bits per heavy atom. The Morgan fingerprint density at radius 2 is 2.00 bits per heavy atom. The molecule has 3 rings (SSSR count). The van der Waals surface area contributed by atoms with Crippen LogP contribution in [0.3, 0.4) is 0 Å². The number of carbonyl (C=O) groups excluding carboxylic acids is 1. The van der Waals surface area contributed by atoms with Gasteiger partial charge in [0.25, 0.3) is 0 Å². The second-order valence-corrected chi connectivity index (χ2v) is 6.24. The fraction of sp³-hybridized carbons (Fsp3) is 0.125. The first-order valence-electron chi connectivity index (χ1n) is 6.60. The molecule has 3 nitrogen and oxygen atoms in total. The second kappa shape index (κ2) is 6.50. The largest absolute Gasteiger partial charge is 0.365 e. The van der Waals surface area contributed by atoms with Gasteiger partial charge in [-0.3, -0.25) is 0 Å². The number of halogens is 2. The lowest BCUT2D eigenvalue weighted by Gasteiger charge is -2.16. The number of rotatable bonds is 2. The van der Waals surface area contributed by atoms with E-state index in [4.69, 9.17) is 16.4 Å². The zero-order valence-electron chi connectivity index (χ0n) is 11.4. The smallest absolute Gasteiger partial charge is 0.313 e. The van der Waals surface area contributed by atoms with E-state index in [1.807, 2.05) is 0 Å². The summed E-state index contributed by atoms with van der Waals surface area (Å²) in [6.07, 6.45) is 0.620. The van der Waals surface area contributed by atoms with Gasteiger partial charge in [-0.25, -0.2) is 9.18 Å². The van der Waals surface area contributed by atoms with E-state index in [0.717, 1.165) is 10.6 Å². The zero-order chi connectivity index (χ0) is 15.5. The molecule has 0 saturated carbocycles. The maximum atomic E-state index is 13.4. The normalized spacial score (nSPS) is 15.5. The van der Waals surface area contributed by atoms with Crippen LogP contribution in [-0.2, 0) is 4.84 Å². The van der Waals surface area contributed by atoms with E-state index in [2.05, 4.69) is 5.16 Å². The predicted octanol–water partition coefficient (Wildman–Crippen LogP) is 4.54. The van der Waals surface area contributed by atoms with Gasteiger partial charge in [-0.05, 0) is 42.5 Å². The van der Waals surface area contributed by atoms with Crippen molar-refractivity contribution in [2.24, 2.45) is 5.16 Å². The van der Waals surface area contributed by atoms with Crippen LogP contribution in [0.5, 0.6) is 0 Å². The lowest BCUT2D eigenvalue weighted by molar-refractivity contribution is 0.0516. The molecule has 0 unspecified atom stereocenters. The molecule has 2 aromatic carbocycles. The van der Waals surface area contributed by atoms with Crippen molar-refractivity contribution in [3.63, 3.8) is 0 Å². The standard InChI is InChI=1S/C16H11ClFNO2S/c17-11-3-1-10(2-4-11)16(20)21-19-14-7-8-22-15-6-5-12(18)9-13(14)15/h1-6,9H,7-8H2/b19-14+. The van der Waals surface area contributed by atoms with Crippen LogP contribution in [-0.4, -0.2) is 17.4 Å². The van der Waals surface area contributed by atoms with Gasteiger partial charge in [0, 0.05) is 27.7 Å². The summed E-state index contributed by atoms with van der Waals surface area (Å²) in [4.78, 5) is 17.8. The molecule has 0 fully saturated rings. The number of hydrogen-bond acceptors (Lipinski definition) is 4. The highest BCUT2D eigenvalue weighted by atomic mass is 35.5. The lowest BCUT2D eigenvalue weighted by Crippen LogP contribution is -2.12. The Balaban J connectivity index is 1.80. The van der Waals surface area contributed by atoms with Gasteiger partial charge in [-0.1, -0.05) is 16.8 Å². The minimum atomic E-state index is -0.569. The average molecular weight is 336 g/mol. The zero-order valence-corrected chi connectivity index (χ0v) is 13.0. The highest BCUT2D eigenvalue weighted by molar-refractivity contribution is 7.99. The van der Waals surface area contributed by atoms with Crippen LogP contribution in [0.4, 0.5) is 4.39 Å². The highest BCUT2D eigenvalue weighted by Gasteiger charge is 2.18. The van der Waals surface area contributed by atoms with Crippen molar-refractivity contribution < 1.29 is 14.0 Å². The van der Waals surface area contributed by atoms with E-state index >= 15 is 0 Å². The van der Waals surface area contributed by atoms with Crippen LogP contribution < -0.4 is 0 Å². The Morgan fingerprint density at radius 3 is 2.77 bits per heavy atom. The molecule has 1 aliphatic heterocycles. The van der Waals surface area contributed by atoms with Crippen molar-refractivity contribution in [2.75, 3.05) is 5.75 Å². The Kier molecular flexibility index (Phi) is 4.45. The molecule has 0 aromatic heterocycles. The summed E-state index contributed by atoms with van der Waals surface area (Å²) < 4.78 is 13.4. The molecule has 0 aliphatic carbocycles. The van der Waals surface area contributed by atoms with Crippen LogP contribution in [0.1, 0.15) is 22.3 Å². The van der Waals surface area contributed by atoms with E-state index in [1.54, 1.807) is 42.1 Å². The van der Waals surface area contributed by atoms with Crippen molar-refractivity contribution in [2.45, 2.75) is 11.3 Å². The minimum Gasteiger partial charge on any atom is -0.313 e. The van der Waals surface area contributed by atoms with Crippen molar-refractivity contribution in [3.05, 3.63) is 64.4 Å². The van der Waals surface area contributed by atoms with E-state index in [9.17, 15) is 9.18 Å². The van der Waals surface area contributed by atoms with Gasteiger partial charge in [0.2, 0.25) is 0 Å². The molecular weight excluding hydrogens is 325 g/mol. The topological polar surface area (TPSA) is 38.7 Å². The third-order valence-electron chi connectivity index (χ3n) is 3.17. The molecule has 0 bridgehead atoms. The Hall–Kier alpha value is -1.85. The number of hydrogen-bond donors (Lipinski definition) is 0. The number of carbonyl (C=O) groups is 1. The van der Waals surface area contributed by atoms with Crippen LogP contribution in [0.25, 0.3) is 0 Å². The first-order chi connectivity index (χ1) is 10.6. The quantitative estimate of drug-likeness (QED) is 0.597. The van der Waals surface area contributed by atoms with Gasteiger partial charge in [-0.2, -0.15) is 0 Å². The maximum absolute atomic E-state index is 13.4. The van der Waals surface area contributed by atoms with Gasteiger partial charge in [0.1, 0.15) is 5.82 Å². The summed E-state index contributed by atoms with van der Waals surface area (Å²) >= 11 is 7.40. The molecule has 0 spiro atoms. The number of fused-ring (bicyclic) bond motifs is 1. The van der Waals surface area contributed by atoms with Gasteiger partial charge >= 0.3 is 5.97 Å². The van der Waals surface area contributed by atoms with Crippen LogP contribution in [0.2, 0.25) is 5.02 Å². The monoisotopic (exact) mass is 335 g/mol. The number of oxime groups is 1. The SMILES string of the molecule is O=C(O/N=C1\CCSc2ccc(F)cc21)c1ccc(Cl)cc1. The molecule has 0 radical (unpaired) electrons. The first-order valence-corrected chi connectivity index (χ1v) is 7.96. The summed E-state index contributed by atoms with van der Waals surface area (Å²) in [5.74, 6) is -0.0889. The summed E-state index contributed by atoms with van der Waals surface area (Å²) in [6, 6.07) is 10.9. The molecule has 6 heteroatoms. The molecule has 1 aliphatic rings. The van der Waals surface area contributed by atoms with Gasteiger partial charge in [0.15, 0.2) is 0 Å². The summed E-state index contributed by atoms with van der Waals surface area (Å²) in [7, 11) is 0. The lowest BCUT2D eigenvalue weighted by atomic mass is 10.1. The van der Waals surface area contributed by atoms with Crippen molar-refractivity contribution in [1.29, 1.82) is 0 Å². The molecule has 0 saturated heterocycles. The van der Waals surface area contributed by atoms with Gasteiger partial charge in [0.05, 0.1) is 11.3 Å². The molecule has 2 aromatic rings. The molecule has 0 atom stereocenters. The number of thioether (sulfide) groups is 1. The van der Waals surface area contributed by atoms with Crippen LogP contribution >= 0.6 is 23.4 Å². The van der Waals surface area contributed by atoms with E-state index in [-0.39, 0.29) is 5.82 Å². The minimum absolute atomic E-state index is 0.335. The van der Waals surface area contributed by atoms with Crippen molar-refractivity contribution in [3.8, 4) is 0 Å². The molecule has 1 heterocycles. The number of nitrogens with zero attached hydrogens (tertiary/aromatic N) is 1. The molecular formula is C16H11ClFNO2S. The number of benzene rings is 2. The van der Waals surface area contributed by atoms with Crippen molar-refractivity contribution in [1.82, 2.24) is 0 Å². The van der Waals surface area contributed by atoms with Gasteiger partial charge in [-0.15, -0.1) is 11.8 Å². The second-order valence-electron chi connectivity index (χ2n) is 4.66. The first kappa shape index (κ1) is 15.1. The van der Waals surface area contributed by atoms with Gasteiger partial charge < -0.3 is 4.84 Å². The molecule has 112 valence electrons. The highest BCUT2D eigenvalue weighted by Crippen LogP contribution is 2.30. The van der Waals surface area contributed by atoms with Crippen LogP contribution in [0, 0.1) is 5.82 Å². The maximum Gasteiger partial charge on any atom is 0.365 e. The average Bonchev–Trinajstić information content (AvgIpc) is 2.53. The fourth-order valence-corrected chi connectivity index (χ4v) is 3.21. The fourth-order valence-electron chi connectivity index (χ4n) is 2.08. The third-order valence-corrected chi connectivity index (χ3v) is 4.49. The predicted molar refractivity (Wildman–Crippen MR) is 85.1 cm³/mol. The van der Waals surface area contributed by atoms with Crippen LogP contribution in [0.15, 0.2) is 52.5 Å². The van der Waals surface area contributed by atoms with E-state index < -0.39 is 5.97 Å². The third kappa shape index (κ3) is 3.31. The molecule has 22 heavy (non-hydrogen) atoms. The van der Waals surface area contributed by atoms with Crippen molar-refractivity contribution >= 4 is 35.0 Å². The summed E-state index contributed by atoms with van der Waals surface area (Å²) in [5.41, 5.74) is 1.62.